The maximum absolute atomic E-state index is 13.8. The lowest BCUT2D eigenvalue weighted by molar-refractivity contribution is 0.582. The van der Waals surface area contributed by atoms with E-state index in [-0.39, 0.29) is 0 Å². The summed E-state index contributed by atoms with van der Waals surface area (Å²) in [6.45, 7) is 4.67. The summed E-state index contributed by atoms with van der Waals surface area (Å²) in [7, 11) is 1.78. The first-order valence-electron chi connectivity index (χ1n) is 6.18. The van der Waals surface area contributed by atoms with Crippen molar-refractivity contribution in [1.29, 1.82) is 0 Å². The van der Waals surface area contributed by atoms with Crippen molar-refractivity contribution >= 4 is 0 Å². The fraction of sp³-hybridized carbons (Fsp3) is 0.357. The number of halogens is 2. The van der Waals surface area contributed by atoms with Crippen LogP contribution in [0.15, 0.2) is 24.4 Å². The van der Waals surface area contributed by atoms with E-state index in [0.717, 1.165) is 11.6 Å². The first-order valence-corrected chi connectivity index (χ1v) is 6.18. The standard InChI is InChI=1S/C14H17F2N3/c1-9(2)17-7-10-8-19(3)18-14(10)12-5-4-11(15)6-13(12)16/h4-6,8-9,17H,7H2,1-3H3. The summed E-state index contributed by atoms with van der Waals surface area (Å²) >= 11 is 0. The summed E-state index contributed by atoms with van der Waals surface area (Å²) < 4.78 is 28.4. The molecule has 0 unspecified atom stereocenters. The zero-order valence-electron chi connectivity index (χ0n) is 11.2. The van der Waals surface area contributed by atoms with Gasteiger partial charge in [0.1, 0.15) is 11.6 Å². The lowest BCUT2D eigenvalue weighted by Gasteiger charge is -2.08. The fourth-order valence-corrected chi connectivity index (χ4v) is 1.89. The third kappa shape index (κ3) is 3.17. The highest BCUT2D eigenvalue weighted by Crippen LogP contribution is 2.25. The molecule has 0 aliphatic carbocycles. The monoisotopic (exact) mass is 265 g/mol. The van der Waals surface area contributed by atoms with E-state index in [4.69, 9.17) is 0 Å². The van der Waals surface area contributed by atoms with Gasteiger partial charge in [0.25, 0.3) is 0 Å². The molecule has 0 aliphatic heterocycles. The highest BCUT2D eigenvalue weighted by atomic mass is 19.1. The van der Waals surface area contributed by atoms with Crippen LogP contribution in [0.4, 0.5) is 8.78 Å². The highest BCUT2D eigenvalue weighted by Gasteiger charge is 2.14. The van der Waals surface area contributed by atoms with Crippen LogP contribution in [0, 0.1) is 11.6 Å². The quantitative estimate of drug-likeness (QED) is 0.921. The van der Waals surface area contributed by atoms with E-state index in [9.17, 15) is 8.78 Å². The molecule has 0 aliphatic rings. The smallest absolute Gasteiger partial charge is 0.135 e. The second-order valence-electron chi connectivity index (χ2n) is 4.84. The van der Waals surface area contributed by atoms with Crippen LogP contribution in [-0.2, 0) is 13.6 Å². The van der Waals surface area contributed by atoms with Gasteiger partial charge in [0.05, 0.1) is 5.69 Å². The van der Waals surface area contributed by atoms with Crippen LogP contribution in [0.1, 0.15) is 19.4 Å². The molecular formula is C14H17F2N3. The lowest BCUT2D eigenvalue weighted by Crippen LogP contribution is -2.21. The van der Waals surface area contributed by atoms with Crippen LogP contribution in [0.3, 0.4) is 0 Å². The van der Waals surface area contributed by atoms with E-state index in [0.29, 0.717) is 23.8 Å². The molecule has 0 spiro atoms. The Bertz CT molecular complexity index is 576. The average molecular weight is 265 g/mol. The van der Waals surface area contributed by atoms with Crippen molar-refractivity contribution in [1.82, 2.24) is 15.1 Å². The van der Waals surface area contributed by atoms with Gasteiger partial charge in [-0.2, -0.15) is 5.10 Å². The summed E-state index contributed by atoms with van der Waals surface area (Å²) in [6.07, 6.45) is 1.84. The maximum Gasteiger partial charge on any atom is 0.135 e. The van der Waals surface area contributed by atoms with Gasteiger partial charge >= 0.3 is 0 Å². The molecule has 1 aromatic heterocycles. The molecule has 0 amide bonds. The fourth-order valence-electron chi connectivity index (χ4n) is 1.89. The van der Waals surface area contributed by atoms with Crippen molar-refractivity contribution in [3.63, 3.8) is 0 Å². The second kappa shape index (κ2) is 5.48. The van der Waals surface area contributed by atoms with Crippen LogP contribution in [-0.4, -0.2) is 15.8 Å². The van der Waals surface area contributed by atoms with E-state index in [1.807, 2.05) is 20.0 Å². The molecule has 0 fully saturated rings. The minimum atomic E-state index is -0.593. The van der Waals surface area contributed by atoms with Gasteiger partial charge in [-0.25, -0.2) is 8.78 Å². The highest BCUT2D eigenvalue weighted by molar-refractivity contribution is 5.63. The molecule has 1 N–H and O–H groups in total. The minimum Gasteiger partial charge on any atom is -0.310 e. The SMILES string of the molecule is CC(C)NCc1cn(C)nc1-c1ccc(F)cc1F. The second-order valence-corrected chi connectivity index (χ2v) is 4.84. The third-order valence-corrected chi connectivity index (χ3v) is 2.79. The topological polar surface area (TPSA) is 29.9 Å². The molecule has 0 radical (unpaired) electrons. The van der Waals surface area contributed by atoms with E-state index >= 15 is 0 Å². The summed E-state index contributed by atoms with van der Waals surface area (Å²) in [5.41, 5.74) is 1.76. The molecule has 0 saturated carbocycles. The molecule has 2 rings (SSSR count). The zero-order valence-corrected chi connectivity index (χ0v) is 11.2. The molecule has 0 atom stereocenters. The average Bonchev–Trinajstić information content (AvgIpc) is 2.67. The first-order chi connectivity index (χ1) is 8.97. The Labute approximate surface area is 111 Å². The Morgan fingerprint density at radius 1 is 1.32 bits per heavy atom. The van der Waals surface area contributed by atoms with Crippen LogP contribution in [0.5, 0.6) is 0 Å². The van der Waals surface area contributed by atoms with Gasteiger partial charge in [-0.05, 0) is 12.1 Å². The van der Waals surface area contributed by atoms with Gasteiger partial charge in [0.2, 0.25) is 0 Å². The van der Waals surface area contributed by atoms with Crippen LogP contribution < -0.4 is 5.32 Å². The summed E-state index contributed by atoms with van der Waals surface area (Å²) in [4.78, 5) is 0. The molecule has 0 saturated heterocycles. The molecule has 1 aromatic carbocycles. The van der Waals surface area contributed by atoms with Crippen molar-refractivity contribution in [2.45, 2.75) is 26.4 Å². The Hall–Kier alpha value is -1.75. The van der Waals surface area contributed by atoms with Crippen molar-refractivity contribution in [3.8, 4) is 11.3 Å². The predicted octanol–water partition coefficient (Wildman–Crippen LogP) is 2.86. The Morgan fingerprint density at radius 2 is 2.05 bits per heavy atom. The number of benzene rings is 1. The molecule has 0 bridgehead atoms. The molecule has 1 heterocycles. The first kappa shape index (κ1) is 13.7. The number of rotatable bonds is 4. The van der Waals surface area contributed by atoms with E-state index in [1.165, 1.54) is 12.1 Å². The molecule has 3 nitrogen and oxygen atoms in total. The number of aromatic nitrogens is 2. The Morgan fingerprint density at radius 3 is 2.68 bits per heavy atom. The third-order valence-electron chi connectivity index (χ3n) is 2.79. The lowest BCUT2D eigenvalue weighted by atomic mass is 10.1. The van der Waals surface area contributed by atoms with E-state index < -0.39 is 11.6 Å². The molecule has 19 heavy (non-hydrogen) atoms. The van der Waals surface area contributed by atoms with Gasteiger partial charge in [-0.1, -0.05) is 13.8 Å². The Kier molecular flexibility index (Phi) is 3.95. The maximum atomic E-state index is 13.8. The van der Waals surface area contributed by atoms with Gasteiger partial charge in [0, 0.05) is 43.0 Å². The van der Waals surface area contributed by atoms with Crippen molar-refractivity contribution in [2.24, 2.45) is 7.05 Å². The summed E-state index contributed by atoms with van der Waals surface area (Å²) in [5.74, 6) is -1.18. The minimum absolute atomic E-state index is 0.322. The normalized spacial score (nSPS) is 11.3. The molecule has 5 heteroatoms. The number of nitrogens with one attached hydrogen (secondary N) is 1. The number of aryl methyl sites for hydroxylation is 1. The number of hydrogen-bond donors (Lipinski definition) is 1. The number of hydrogen-bond acceptors (Lipinski definition) is 2. The van der Waals surface area contributed by atoms with Gasteiger partial charge in [-0.3, -0.25) is 4.68 Å². The van der Waals surface area contributed by atoms with E-state index in [2.05, 4.69) is 10.4 Å². The van der Waals surface area contributed by atoms with Crippen molar-refractivity contribution in [2.75, 3.05) is 0 Å². The van der Waals surface area contributed by atoms with E-state index in [1.54, 1.807) is 11.7 Å². The van der Waals surface area contributed by atoms with Gasteiger partial charge < -0.3 is 5.32 Å². The Balaban J connectivity index is 2.38. The van der Waals surface area contributed by atoms with Crippen LogP contribution in [0.2, 0.25) is 0 Å². The zero-order chi connectivity index (χ0) is 14.0. The number of nitrogens with zero attached hydrogens (tertiary/aromatic N) is 2. The predicted molar refractivity (Wildman–Crippen MR) is 70.5 cm³/mol. The van der Waals surface area contributed by atoms with Crippen molar-refractivity contribution < 1.29 is 8.78 Å². The van der Waals surface area contributed by atoms with Crippen LogP contribution in [0.25, 0.3) is 11.3 Å². The largest absolute Gasteiger partial charge is 0.310 e. The van der Waals surface area contributed by atoms with Crippen molar-refractivity contribution in [3.05, 3.63) is 41.6 Å². The summed E-state index contributed by atoms with van der Waals surface area (Å²) in [6, 6.07) is 3.87. The summed E-state index contributed by atoms with van der Waals surface area (Å²) in [5, 5.41) is 7.53. The van der Waals surface area contributed by atoms with Gasteiger partial charge in [0.15, 0.2) is 0 Å². The molecular weight excluding hydrogens is 248 g/mol. The molecule has 2 aromatic rings. The van der Waals surface area contributed by atoms with Crippen LogP contribution >= 0.6 is 0 Å². The van der Waals surface area contributed by atoms with Gasteiger partial charge in [-0.15, -0.1) is 0 Å². The molecule has 102 valence electrons.